The second-order valence-electron chi connectivity index (χ2n) is 12.9. The lowest BCUT2D eigenvalue weighted by Crippen LogP contribution is -2.48. The molecule has 0 bridgehead atoms. The summed E-state index contributed by atoms with van der Waals surface area (Å²) in [6.07, 6.45) is 1.03. The van der Waals surface area contributed by atoms with Gasteiger partial charge in [-0.15, -0.1) is 0 Å². The Morgan fingerprint density at radius 1 is 0.804 bits per heavy atom. The maximum atomic E-state index is 13.0. The Bertz CT molecular complexity index is 1640. The zero-order valence-corrected chi connectivity index (χ0v) is 28.5. The summed E-state index contributed by atoms with van der Waals surface area (Å²) >= 11 is 0. The van der Waals surface area contributed by atoms with Crippen LogP contribution in [0.25, 0.3) is 0 Å². The van der Waals surface area contributed by atoms with E-state index in [1.165, 1.54) is 12.3 Å². The van der Waals surface area contributed by atoms with Gasteiger partial charge < -0.3 is 28.4 Å². The molecule has 3 aromatic carbocycles. The van der Waals surface area contributed by atoms with E-state index in [2.05, 4.69) is 38.8 Å². The van der Waals surface area contributed by atoms with Crippen molar-refractivity contribution in [1.29, 1.82) is 0 Å². The number of benzene rings is 3. The lowest BCUT2D eigenvalue weighted by atomic mass is 9.80. The minimum absolute atomic E-state index is 0.0975. The first-order valence-corrected chi connectivity index (χ1v) is 18.3. The topological polar surface area (TPSA) is 101 Å². The molecule has 1 radical (unpaired) electrons. The number of hydrogen-bond donors (Lipinski definition) is 1. The number of aromatic amines is 1. The van der Waals surface area contributed by atoms with E-state index >= 15 is 0 Å². The van der Waals surface area contributed by atoms with E-state index in [0.717, 1.165) is 32.8 Å². The third kappa shape index (κ3) is 6.62. The molecular weight excluding hydrogens is 600 g/mol. The van der Waals surface area contributed by atoms with Crippen LogP contribution in [0.5, 0.6) is 11.5 Å². The van der Waals surface area contributed by atoms with Gasteiger partial charge in [0.25, 0.3) is 5.56 Å². The summed E-state index contributed by atoms with van der Waals surface area (Å²) < 4.78 is 32.3. The number of H-pyrrole nitrogens is 1. The number of aromatic nitrogens is 2. The summed E-state index contributed by atoms with van der Waals surface area (Å²) in [6.45, 7) is 10.8. The highest BCUT2D eigenvalue weighted by atomic mass is 28.4. The number of rotatable bonds is 11. The Morgan fingerprint density at radius 2 is 1.35 bits per heavy atom. The van der Waals surface area contributed by atoms with Gasteiger partial charge in [-0.2, -0.15) is 0 Å². The van der Waals surface area contributed by atoms with Crippen molar-refractivity contribution in [2.75, 3.05) is 20.8 Å². The van der Waals surface area contributed by atoms with Crippen molar-refractivity contribution < 1.29 is 23.4 Å². The first-order chi connectivity index (χ1) is 21.9. The van der Waals surface area contributed by atoms with Crippen molar-refractivity contribution in [3.63, 3.8) is 0 Å². The molecule has 10 heteroatoms. The third-order valence-corrected chi connectivity index (χ3v) is 13.5. The minimum atomic E-state index is -2.35. The Labute approximate surface area is 271 Å². The zero-order chi connectivity index (χ0) is 33.1. The van der Waals surface area contributed by atoms with Crippen LogP contribution in [0.4, 0.5) is 0 Å². The molecule has 1 saturated heterocycles. The second kappa shape index (κ2) is 13.4. The molecule has 243 valence electrons. The molecule has 1 aromatic heterocycles. The highest BCUT2D eigenvalue weighted by Crippen LogP contribution is 2.44. The van der Waals surface area contributed by atoms with Crippen molar-refractivity contribution in [2.45, 2.75) is 62.9 Å². The van der Waals surface area contributed by atoms with Crippen LogP contribution >= 0.6 is 0 Å². The Balaban J connectivity index is 1.57. The molecule has 0 saturated carbocycles. The molecule has 9 nitrogen and oxygen atoms in total. The molecule has 0 amide bonds. The van der Waals surface area contributed by atoms with Crippen LogP contribution in [0.1, 0.15) is 43.7 Å². The van der Waals surface area contributed by atoms with Gasteiger partial charge in [0.1, 0.15) is 17.1 Å². The Hall–Kier alpha value is -3.96. The number of nitrogens with one attached hydrogen (secondary N) is 1. The molecule has 5 rings (SSSR count). The van der Waals surface area contributed by atoms with Crippen molar-refractivity contribution in [3.8, 4) is 11.5 Å². The number of methoxy groups -OCH3 is 2. The smallest absolute Gasteiger partial charge is 0.330 e. The van der Waals surface area contributed by atoms with E-state index in [1.54, 1.807) is 14.2 Å². The molecule has 2 heterocycles. The summed E-state index contributed by atoms with van der Waals surface area (Å²) in [5.74, 6) is 1.44. The van der Waals surface area contributed by atoms with Crippen LogP contribution in [0.3, 0.4) is 0 Å². The van der Waals surface area contributed by atoms with Crippen LogP contribution in [0.2, 0.25) is 18.1 Å². The van der Waals surface area contributed by atoms with Gasteiger partial charge in [-0.05, 0) is 59.1 Å². The highest BCUT2D eigenvalue weighted by molar-refractivity contribution is 6.74. The van der Waals surface area contributed by atoms with Gasteiger partial charge in [0, 0.05) is 18.7 Å². The molecule has 1 fully saturated rings. The van der Waals surface area contributed by atoms with Gasteiger partial charge in [-0.1, -0.05) is 75.4 Å². The van der Waals surface area contributed by atoms with Gasteiger partial charge in [0.2, 0.25) is 0 Å². The summed E-state index contributed by atoms with van der Waals surface area (Å²) in [6, 6.07) is 26.9. The standard InChI is InChI=1S/C36H43N2O7Si/c1-35(2,3)46(6,7)45-31-23-30(44-33(31)38-32(39)21-22-37-34(38)40)24-43-36(25-11-9-8-10-12-25,26-13-17-28(41-4)18-14-26)27-15-19-29(42-5)20-16-27/h8-23,30-31,33H,24H2,1-7H3,(H,37,40)/t30-,31-,33-/m1/s1. The van der Waals surface area contributed by atoms with Crippen LogP contribution in [0.15, 0.2) is 101 Å². The lowest BCUT2D eigenvalue weighted by Gasteiger charge is -2.39. The molecule has 46 heavy (non-hydrogen) atoms. The summed E-state index contributed by atoms with van der Waals surface area (Å²) in [5, 5.41) is -0.112. The average Bonchev–Trinajstić information content (AvgIpc) is 3.43. The molecule has 0 spiro atoms. The molecular formula is C36H43N2O7Si. The van der Waals surface area contributed by atoms with Gasteiger partial charge in [0.05, 0.1) is 33.0 Å². The predicted octanol–water partition coefficient (Wildman–Crippen LogP) is 6.05. The SMILES string of the molecule is COc1ccc(C(OC[C@H]2[CH][C@@H](O[Si](C)(C)C(C)(C)C)[C@H](n3c(=O)cc[nH]c3=O)O2)(c2ccccc2)c2ccc(OC)cc2)cc1. The fourth-order valence-electron chi connectivity index (χ4n) is 5.48. The predicted molar refractivity (Wildman–Crippen MR) is 180 cm³/mol. The molecule has 0 unspecified atom stereocenters. The van der Waals surface area contributed by atoms with E-state index in [4.69, 9.17) is 23.4 Å². The van der Waals surface area contributed by atoms with Crippen LogP contribution < -0.4 is 20.7 Å². The number of ether oxygens (including phenoxy) is 4. The van der Waals surface area contributed by atoms with Gasteiger partial charge in [0.15, 0.2) is 14.5 Å². The van der Waals surface area contributed by atoms with Crippen LogP contribution in [-0.4, -0.2) is 50.9 Å². The summed E-state index contributed by atoms with van der Waals surface area (Å²) in [4.78, 5) is 28.5. The molecule has 4 aromatic rings. The second-order valence-corrected chi connectivity index (χ2v) is 17.7. The zero-order valence-electron chi connectivity index (χ0n) is 27.5. The number of hydrogen-bond acceptors (Lipinski definition) is 7. The summed E-state index contributed by atoms with van der Waals surface area (Å²) in [5.41, 5.74) is 0.568. The van der Waals surface area contributed by atoms with Crippen LogP contribution in [0, 0.1) is 6.42 Å². The highest BCUT2D eigenvalue weighted by Gasteiger charge is 2.47. The third-order valence-electron chi connectivity index (χ3n) is 9.02. The molecule has 1 aliphatic heterocycles. The van der Waals surface area contributed by atoms with E-state index in [9.17, 15) is 9.59 Å². The largest absolute Gasteiger partial charge is 0.497 e. The minimum Gasteiger partial charge on any atom is -0.497 e. The molecule has 3 atom stereocenters. The normalized spacial score (nSPS) is 18.8. The molecule has 0 aliphatic carbocycles. The number of nitrogens with zero attached hydrogens (tertiary/aromatic N) is 1. The van der Waals surface area contributed by atoms with Crippen molar-refractivity contribution in [2.24, 2.45) is 0 Å². The van der Waals surface area contributed by atoms with Gasteiger partial charge in [-0.25, -0.2) is 9.36 Å². The van der Waals surface area contributed by atoms with Crippen molar-refractivity contribution in [1.82, 2.24) is 9.55 Å². The van der Waals surface area contributed by atoms with Crippen molar-refractivity contribution >= 4 is 8.32 Å². The quantitative estimate of drug-likeness (QED) is 0.157. The van der Waals surface area contributed by atoms with E-state index in [0.29, 0.717) is 0 Å². The lowest BCUT2D eigenvalue weighted by molar-refractivity contribution is -0.0854. The van der Waals surface area contributed by atoms with Gasteiger partial charge >= 0.3 is 5.69 Å². The average molecular weight is 644 g/mol. The summed E-state index contributed by atoms with van der Waals surface area (Å²) in [7, 11) is 0.919. The fourth-order valence-corrected chi connectivity index (χ4v) is 6.71. The van der Waals surface area contributed by atoms with Crippen LogP contribution in [-0.2, 0) is 19.5 Å². The maximum Gasteiger partial charge on any atom is 0.330 e. The monoisotopic (exact) mass is 643 g/mol. The molecule has 1 N–H and O–H groups in total. The Kier molecular flexibility index (Phi) is 9.74. The van der Waals surface area contributed by atoms with E-state index < -0.39 is 43.6 Å². The fraction of sp³-hybridized carbons (Fsp3) is 0.361. The first-order valence-electron chi connectivity index (χ1n) is 15.4. The van der Waals surface area contributed by atoms with Crippen molar-refractivity contribution in [3.05, 3.63) is 135 Å². The van der Waals surface area contributed by atoms with E-state index in [1.807, 2.05) is 85.3 Å². The molecule has 1 aliphatic rings. The Morgan fingerprint density at radius 3 is 1.85 bits per heavy atom. The van der Waals surface area contributed by atoms with E-state index in [-0.39, 0.29) is 11.6 Å². The maximum absolute atomic E-state index is 13.0. The van der Waals surface area contributed by atoms with Gasteiger partial charge in [-0.3, -0.25) is 4.79 Å². The first kappa shape index (κ1) is 33.4.